The van der Waals surface area contributed by atoms with Crippen molar-refractivity contribution in [3.63, 3.8) is 0 Å². The Morgan fingerprint density at radius 2 is 1.66 bits per heavy atom. The van der Waals surface area contributed by atoms with Crippen LogP contribution in [-0.2, 0) is 26.6 Å². The van der Waals surface area contributed by atoms with Crippen LogP contribution in [0.3, 0.4) is 0 Å². The zero-order valence-corrected chi connectivity index (χ0v) is 25.5. The number of nitrogens with zero attached hydrogens (tertiary/aromatic N) is 4. The largest absolute Gasteiger partial charge is 0.385 e. The fourth-order valence-corrected chi connectivity index (χ4v) is 6.95. The molecule has 0 saturated carbocycles. The number of alkyl halides is 1. The molecule has 4 rings (SSSR count). The number of aromatic nitrogens is 4. The number of hydrogen-bond acceptors (Lipinski definition) is 9. The quantitative estimate of drug-likeness (QED) is 0.0803. The minimum Gasteiger partial charge on any atom is -0.385 e. The first-order valence-corrected chi connectivity index (χ1v) is 17.2. The second kappa shape index (κ2) is 14.6. The van der Waals surface area contributed by atoms with Crippen molar-refractivity contribution in [2.24, 2.45) is 0 Å². The van der Waals surface area contributed by atoms with Crippen molar-refractivity contribution in [3.05, 3.63) is 95.6 Å². The SMILES string of the molecule is CC/C=C(/COP(=O)(O)CP(=O)(O)O)[C@@H](O)[C@H](F)[C@@H](O)n1cnc2c(NCc3ccccc3)nc(Cc3ccccc3)nc21. The lowest BCUT2D eigenvalue weighted by molar-refractivity contribution is -0.0352. The Morgan fingerprint density at radius 1 is 1.02 bits per heavy atom. The van der Waals surface area contributed by atoms with Crippen molar-refractivity contribution in [2.75, 3.05) is 17.8 Å². The molecule has 2 aromatic heterocycles. The maximum atomic E-state index is 15.7. The zero-order chi connectivity index (χ0) is 31.9. The summed E-state index contributed by atoms with van der Waals surface area (Å²) < 4.78 is 44.8. The highest BCUT2D eigenvalue weighted by Gasteiger charge is 2.35. The van der Waals surface area contributed by atoms with E-state index in [4.69, 9.17) is 14.3 Å². The van der Waals surface area contributed by atoms with Crippen LogP contribution in [0.1, 0.15) is 36.5 Å². The fraction of sp³-hybridized carbons (Fsp3) is 0.321. The summed E-state index contributed by atoms with van der Waals surface area (Å²) in [4.78, 5) is 41.3. The molecule has 6 N–H and O–H groups in total. The molecule has 16 heteroatoms. The van der Waals surface area contributed by atoms with Crippen LogP contribution in [0.15, 0.2) is 78.6 Å². The van der Waals surface area contributed by atoms with Crippen LogP contribution in [0, 0.1) is 0 Å². The van der Waals surface area contributed by atoms with Crippen LogP contribution in [0.5, 0.6) is 0 Å². The molecule has 4 aromatic rings. The number of halogens is 1. The second-order valence-corrected chi connectivity index (χ2v) is 14.0. The van der Waals surface area contributed by atoms with E-state index < -0.39 is 46.2 Å². The van der Waals surface area contributed by atoms with Gasteiger partial charge in [0.15, 0.2) is 35.3 Å². The van der Waals surface area contributed by atoms with Gasteiger partial charge in [0.25, 0.3) is 0 Å². The molecule has 0 radical (unpaired) electrons. The smallest absolute Gasteiger partial charge is 0.340 e. The monoisotopic (exact) mass is 649 g/mol. The number of imidazole rings is 1. The average Bonchev–Trinajstić information content (AvgIpc) is 3.41. The highest BCUT2D eigenvalue weighted by Crippen LogP contribution is 2.55. The minimum atomic E-state index is -4.89. The van der Waals surface area contributed by atoms with Gasteiger partial charge in [-0.15, -0.1) is 0 Å². The van der Waals surface area contributed by atoms with Gasteiger partial charge in [-0.2, -0.15) is 0 Å². The highest BCUT2D eigenvalue weighted by atomic mass is 31.2. The fourth-order valence-electron chi connectivity index (χ4n) is 4.41. The van der Waals surface area contributed by atoms with Crippen molar-refractivity contribution in [3.8, 4) is 0 Å². The number of benzene rings is 2. The van der Waals surface area contributed by atoms with Crippen molar-refractivity contribution < 1.29 is 42.9 Å². The predicted molar refractivity (Wildman–Crippen MR) is 162 cm³/mol. The Balaban J connectivity index is 1.62. The summed E-state index contributed by atoms with van der Waals surface area (Å²) in [6.45, 7) is 1.25. The number of aliphatic hydroxyl groups excluding tert-OH is 2. The third-order valence-electron chi connectivity index (χ3n) is 6.49. The summed E-state index contributed by atoms with van der Waals surface area (Å²) in [7, 11) is -9.67. The molecule has 2 heterocycles. The van der Waals surface area contributed by atoms with Gasteiger partial charge in [-0.3, -0.25) is 13.7 Å². The molecule has 0 spiro atoms. The summed E-state index contributed by atoms with van der Waals surface area (Å²) >= 11 is 0. The van der Waals surface area contributed by atoms with Gasteiger partial charge < -0.3 is 34.7 Å². The van der Waals surface area contributed by atoms with Crippen molar-refractivity contribution in [1.29, 1.82) is 0 Å². The van der Waals surface area contributed by atoms with Gasteiger partial charge in [0.05, 0.1) is 12.9 Å². The first kappa shape index (κ1) is 33.6. The Labute approximate surface area is 252 Å². The summed E-state index contributed by atoms with van der Waals surface area (Å²) in [5.41, 5.74) is 2.04. The van der Waals surface area contributed by atoms with E-state index >= 15 is 4.39 Å². The van der Waals surface area contributed by atoms with Crippen molar-refractivity contribution in [1.82, 2.24) is 19.5 Å². The third-order valence-corrected chi connectivity index (χ3v) is 9.93. The molecule has 44 heavy (non-hydrogen) atoms. The first-order chi connectivity index (χ1) is 20.9. The van der Waals surface area contributed by atoms with E-state index in [9.17, 15) is 24.2 Å². The lowest BCUT2D eigenvalue weighted by Gasteiger charge is -2.25. The Bertz CT molecular complexity index is 1670. The molecule has 0 amide bonds. The number of rotatable bonds is 15. The van der Waals surface area contributed by atoms with E-state index in [0.717, 1.165) is 15.7 Å². The molecule has 0 aliphatic heterocycles. The normalized spacial score (nSPS) is 15.9. The van der Waals surface area contributed by atoms with Crippen LogP contribution in [0.4, 0.5) is 10.2 Å². The maximum Gasteiger partial charge on any atom is 0.340 e. The van der Waals surface area contributed by atoms with Gasteiger partial charge in [-0.05, 0) is 23.1 Å². The van der Waals surface area contributed by atoms with Crippen LogP contribution < -0.4 is 5.32 Å². The van der Waals surface area contributed by atoms with Crippen molar-refractivity contribution >= 4 is 32.2 Å². The number of hydrogen-bond donors (Lipinski definition) is 6. The maximum absolute atomic E-state index is 15.7. The van der Waals surface area contributed by atoms with Crippen LogP contribution >= 0.6 is 15.2 Å². The molecule has 13 nitrogen and oxygen atoms in total. The van der Waals surface area contributed by atoms with E-state index in [-0.39, 0.29) is 23.2 Å². The number of aliphatic hydroxyl groups is 2. The molecule has 0 aliphatic rings. The van der Waals surface area contributed by atoms with Crippen LogP contribution in [0.2, 0.25) is 0 Å². The molecule has 4 atom stereocenters. The Hall–Kier alpha value is -3.32. The standard InChI is InChI=1S/C28H34FN5O8P2/c1-2-9-21(16-42-44(40,41)18-43(37,38)39)25(35)23(29)28(36)34-17-31-24-26(30-15-20-12-7-4-8-13-20)32-22(33-27(24)34)14-19-10-5-3-6-11-19/h3-13,17,23,25,28,35-36H,2,14-16,18H2,1H3,(H,40,41)(H,30,32,33)(H2,37,38,39)/b21-9-/t23-,25+,28+/m0/s1. The van der Waals surface area contributed by atoms with E-state index in [2.05, 4.69) is 20.3 Å². The number of allylic oxidation sites excluding steroid dienone is 1. The van der Waals surface area contributed by atoms with Gasteiger partial charge in [0.1, 0.15) is 11.9 Å². The van der Waals surface area contributed by atoms with Crippen LogP contribution in [-0.4, -0.2) is 69.2 Å². The third kappa shape index (κ3) is 9.10. The second-order valence-electron chi connectivity index (χ2n) is 10.0. The van der Waals surface area contributed by atoms with Gasteiger partial charge >= 0.3 is 15.2 Å². The summed E-state index contributed by atoms with van der Waals surface area (Å²) in [6, 6.07) is 19.0. The molecular formula is C28H34FN5O8P2. The average molecular weight is 650 g/mol. The van der Waals surface area contributed by atoms with E-state index in [1.165, 1.54) is 12.4 Å². The number of anilines is 1. The summed E-state index contributed by atoms with van der Waals surface area (Å²) in [5.74, 6) is -0.715. The van der Waals surface area contributed by atoms with E-state index in [1.54, 1.807) is 6.92 Å². The Morgan fingerprint density at radius 3 is 2.27 bits per heavy atom. The molecular weight excluding hydrogens is 615 g/mol. The van der Waals surface area contributed by atoms with E-state index in [1.807, 2.05) is 60.7 Å². The van der Waals surface area contributed by atoms with Gasteiger partial charge in [0.2, 0.25) is 0 Å². The highest BCUT2D eigenvalue weighted by molar-refractivity contribution is 7.70. The Kier molecular flexibility index (Phi) is 11.2. The first-order valence-electron chi connectivity index (χ1n) is 13.6. The minimum absolute atomic E-state index is 0.0996. The van der Waals surface area contributed by atoms with E-state index in [0.29, 0.717) is 24.6 Å². The van der Waals surface area contributed by atoms with Gasteiger partial charge in [0, 0.05) is 13.0 Å². The summed E-state index contributed by atoms with van der Waals surface area (Å²) in [5, 5.41) is 25.1. The van der Waals surface area contributed by atoms with Crippen LogP contribution in [0.25, 0.3) is 11.2 Å². The molecule has 1 unspecified atom stereocenters. The number of fused-ring (bicyclic) bond motifs is 1. The van der Waals surface area contributed by atoms with Crippen molar-refractivity contribution in [2.45, 2.75) is 44.8 Å². The van der Waals surface area contributed by atoms with Gasteiger partial charge in [-0.25, -0.2) is 19.3 Å². The summed E-state index contributed by atoms with van der Waals surface area (Å²) in [6.07, 6.45) is -3.32. The lowest BCUT2D eigenvalue weighted by atomic mass is 10.0. The van der Waals surface area contributed by atoms with Gasteiger partial charge in [-0.1, -0.05) is 73.7 Å². The molecule has 0 saturated heterocycles. The molecule has 0 fully saturated rings. The molecule has 0 aliphatic carbocycles. The zero-order valence-electron chi connectivity index (χ0n) is 23.7. The molecule has 0 bridgehead atoms. The molecule has 236 valence electrons. The predicted octanol–water partition coefficient (Wildman–Crippen LogP) is 3.89. The number of nitrogens with one attached hydrogen (secondary N) is 1. The lowest BCUT2D eigenvalue weighted by Crippen LogP contribution is -2.34. The topological polar surface area (TPSA) is 200 Å². The molecule has 2 aromatic carbocycles.